The average Bonchev–Trinajstić information content (AvgIpc) is 2.48. The van der Waals surface area contributed by atoms with Crippen molar-refractivity contribution >= 4 is 11.6 Å². The van der Waals surface area contributed by atoms with Gasteiger partial charge in [0.2, 0.25) is 5.96 Å². The molecule has 0 heterocycles. The number of para-hydroxylation sites is 1. The van der Waals surface area contributed by atoms with E-state index in [1.54, 1.807) is 0 Å². The molecular weight excluding hydrogens is 236 g/mol. The first-order valence-electron chi connectivity index (χ1n) is 6.27. The third-order valence-electron chi connectivity index (χ3n) is 2.72. The van der Waals surface area contributed by atoms with Crippen LogP contribution in [0.25, 0.3) is 11.1 Å². The van der Waals surface area contributed by atoms with Gasteiger partial charge in [-0.1, -0.05) is 48.5 Å². The summed E-state index contributed by atoms with van der Waals surface area (Å²) in [6, 6.07) is 18.3. The van der Waals surface area contributed by atoms with Gasteiger partial charge in [0, 0.05) is 17.8 Å². The Bertz CT molecular complexity index is 549. The zero-order valence-electron chi connectivity index (χ0n) is 10.9. The summed E-state index contributed by atoms with van der Waals surface area (Å²) in [7, 11) is 0. The van der Waals surface area contributed by atoms with Gasteiger partial charge in [0.1, 0.15) is 0 Å². The molecule has 2 aromatic carbocycles. The summed E-state index contributed by atoms with van der Waals surface area (Å²) in [5.74, 6) is 6.01. The summed E-state index contributed by atoms with van der Waals surface area (Å²) < 4.78 is 0. The number of guanidine groups is 1. The topological polar surface area (TPSA) is 62.4 Å². The van der Waals surface area contributed by atoms with Gasteiger partial charge in [-0.3, -0.25) is 10.4 Å². The third kappa shape index (κ3) is 3.33. The number of rotatable bonds is 3. The second kappa shape index (κ2) is 6.56. The molecule has 0 fully saturated rings. The van der Waals surface area contributed by atoms with Gasteiger partial charge >= 0.3 is 0 Å². The largest absolute Gasteiger partial charge is 0.325 e. The molecule has 4 N–H and O–H groups in total. The van der Waals surface area contributed by atoms with E-state index < -0.39 is 0 Å². The second-order valence-corrected chi connectivity index (χ2v) is 4.00. The first-order chi connectivity index (χ1) is 9.35. The number of anilines is 1. The quantitative estimate of drug-likeness (QED) is 0.341. The molecule has 0 aliphatic rings. The number of hydrazine groups is 1. The fourth-order valence-electron chi connectivity index (χ4n) is 1.87. The van der Waals surface area contributed by atoms with E-state index in [-0.39, 0.29) is 0 Å². The van der Waals surface area contributed by atoms with Crippen LogP contribution in [0.5, 0.6) is 0 Å². The lowest BCUT2D eigenvalue weighted by Gasteiger charge is -2.13. The highest BCUT2D eigenvalue weighted by molar-refractivity contribution is 5.97. The third-order valence-corrected chi connectivity index (χ3v) is 2.72. The van der Waals surface area contributed by atoms with Crippen LogP contribution < -0.4 is 16.6 Å². The summed E-state index contributed by atoms with van der Waals surface area (Å²) in [5, 5.41) is 3.21. The molecule has 0 aromatic heterocycles. The molecule has 0 bridgehead atoms. The summed E-state index contributed by atoms with van der Waals surface area (Å²) >= 11 is 0. The van der Waals surface area contributed by atoms with Crippen LogP contribution >= 0.6 is 0 Å². The standard InChI is InChI=1S/C15H18N4/c1-2-17-15(19-16)18-14-11-7-6-10-13(14)12-8-4-3-5-9-12/h3-11H,2,16H2,1H3,(H2,17,18,19). The minimum atomic E-state index is 0.561. The molecule has 2 rings (SSSR count). The molecule has 4 heteroatoms. The fourth-order valence-corrected chi connectivity index (χ4v) is 1.87. The monoisotopic (exact) mass is 254 g/mol. The molecule has 98 valence electrons. The summed E-state index contributed by atoms with van der Waals surface area (Å²) in [6.07, 6.45) is 0. The zero-order valence-corrected chi connectivity index (χ0v) is 10.9. The Balaban J connectivity index is 2.34. The molecule has 0 saturated carbocycles. The summed E-state index contributed by atoms with van der Waals surface area (Å²) in [4.78, 5) is 4.24. The van der Waals surface area contributed by atoms with E-state index in [4.69, 9.17) is 5.84 Å². The van der Waals surface area contributed by atoms with Crippen LogP contribution in [0.15, 0.2) is 59.6 Å². The average molecular weight is 254 g/mol. The highest BCUT2D eigenvalue weighted by atomic mass is 15.3. The molecule has 0 aliphatic carbocycles. The van der Waals surface area contributed by atoms with Crippen molar-refractivity contribution in [3.63, 3.8) is 0 Å². The Labute approximate surface area is 113 Å². The number of aliphatic imine (C=N–C) groups is 1. The highest BCUT2D eigenvalue weighted by Gasteiger charge is 2.05. The molecule has 0 radical (unpaired) electrons. The Kier molecular flexibility index (Phi) is 4.53. The minimum Gasteiger partial charge on any atom is -0.325 e. The van der Waals surface area contributed by atoms with E-state index >= 15 is 0 Å². The maximum Gasteiger partial charge on any atom is 0.210 e. The van der Waals surface area contributed by atoms with Crippen molar-refractivity contribution in [2.45, 2.75) is 6.92 Å². The summed E-state index contributed by atoms with van der Waals surface area (Å²) in [6.45, 7) is 2.63. The number of benzene rings is 2. The lowest BCUT2D eigenvalue weighted by atomic mass is 10.0. The Hall–Kier alpha value is -2.33. The lowest BCUT2D eigenvalue weighted by Crippen LogP contribution is -2.36. The highest BCUT2D eigenvalue weighted by Crippen LogP contribution is 2.27. The van der Waals surface area contributed by atoms with E-state index in [0.29, 0.717) is 12.5 Å². The van der Waals surface area contributed by atoms with Crippen molar-refractivity contribution in [3.05, 3.63) is 54.6 Å². The Morgan fingerprint density at radius 2 is 1.74 bits per heavy atom. The predicted molar refractivity (Wildman–Crippen MR) is 80.8 cm³/mol. The van der Waals surface area contributed by atoms with Gasteiger partial charge in [-0.05, 0) is 18.6 Å². The number of nitrogens with zero attached hydrogens (tertiary/aromatic N) is 1. The van der Waals surface area contributed by atoms with Crippen molar-refractivity contribution < 1.29 is 0 Å². The molecule has 0 atom stereocenters. The number of hydrogen-bond donors (Lipinski definition) is 3. The lowest BCUT2D eigenvalue weighted by molar-refractivity contribution is 0.986. The van der Waals surface area contributed by atoms with Gasteiger partial charge in [-0.2, -0.15) is 0 Å². The van der Waals surface area contributed by atoms with Gasteiger partial charge in [-0.15, -0.1) is 0 Å². The van der Waals surface area contributed by atoms with Gasteiger partial charge in [0.05, 0.1) is 0 Å². The van der Waals surface area contributed by atoms with Gasteiger partial charge in [-0.25, -0.2) is 5.84 Å². The normalized spacial score (nSPS) is 11.2. The molecule has 0 saturated heterocycles. The van der Waals surface area contributed by atoms with Crippen molar-refractivity contribution in [2.75, 3.05) is 11.9 Å². The zero-order chi connectivity index (χ0) is 13.5. The van der Waals surface area contributed by atoms with E-state index in [9.17, 15) is 0 Å². The molecule has 0 aliphatic heterocycles. The van der Waals surface area contributed by atoms with Crippen LogP contribution in [0.4, 0.5) is 5.69 Å². The van der Waals surface area contributed by atoms with Gasteiger partial charge < -0.3 is 5.32 Å². The van der Waals surface area contributed by atoms with Gasteiger partial charge in [0.25, 0.3) is 0 Å². The fraction of sp³-hybridized carbons (Fsp3) is 0.133. The molecule has 2 aromatic rings. The Morgan fingerprint density at radius 1 is 1.05 bits per heavy atom. The van der Waals surface area contributed by atoms with Crippen LogP contribution in [-0.4, -0.2) is 12.5 Å². The maximum absolute atomic E-state index is 5.45. The van der Waals surface area contributed by atoms with Crippen LogP contribution in [0, 0.1) is 0 Å². The number of nitrogens with one attached hydrogen (secondary N) is 2. The minimum absolute atomic E-state index is 0.561. The van der Waals surface area contributed by atoms with Crippen molar-refractivity contribution in [2.24, 2.45) is 10.8 Å². The van der Waals surface area contributed by atoms with E-state index in [2.05, 4.69) is 33.9 Å². The van der Waals surface area contributed by atoms with Crippen LogP contribution in [0.3, 0.4) is 0 Å². The molecule has 0 amide bonds. The summed E-state index contributed by atoms with van der Waals surface area (Å²) in [5.41, 5.74) is 5.80. The molecule has 4 nitrogen and oxygen atoms in total. The van der Waals surface area contributed by atoms with Crippen molar-refractivity contribution in [1.82, 2.24) is 5.43 Å². The number of nitrogens with two attached hydrogens (primary N) is 1. The Morgan fingerprint density at radius 3 is 2.42 bits per heavy atom. The smallest absolute Gasteiger partial charge is 0.210 e. The molecule has 0 unspecified atom stereocenters. The predicted octanol–water partition coefficient (Wildman–Crippen LogP) is 2.60. The second-order valence-electron chi connectivity index (χ2n) is 4.00. The van der Waals surface area contributed by atoms with E-state index in [1.807, 2.05) is 43.3 Å². The molecular formula is C15H18N4. The first kappa shape index (κ1) is 13.1. The van der Waals surface area contributed by atoms with Crippen molar-refractivity contribution in [3.8, 4) is 11.1 Å². The van der Waals surface area contributed by atoms with Crippen LogP contribution in [0.1, 0.15) is 6.92 Å². The van der Waals surface area contributed by atoms with E-state index in [0.717, 1.165) is 16.8 Å². The number of hydrogen-bond acceptors (Lipinski definition) is 2. The SMILES string of the molecule is CCN=C(NN)Nc1ccccc1-c1ccccc1. The van der Waals surface area contributed by atoms with E-state index in [1.165, 1.54) is 0 Å². The maximum atomic E-state index is 5.45. The molecule has 0 spiro atoms. The van der Waals surface area contributed by atoms with Gasteiger partial charge in [0.15, 0.2) is 0 Å². The van der Waals surface area contributed by atoms with Crippen LogP contribution in [0.2, 0.25) is 0 Å². The van der Waals surface area contributed by atoms with Crippen LogP contribution in [-0.2, 0) is 0 Å². The first-order valence-corrected chi connectivity index (χ1v) is 6.27. The van der Waals surface area contributed by atoms with Crippen molar-refractivity contribution in [1.29, 1.82) is 0 Å². The molecule has 19 heavy (non-hydrogen) atoms.